The average molecular weight is 261 g/mol. The molecule has 88 valence electrons. The summed E-state index contributed by atoms with van der Waals surface area (Å²) in [4.78, 5) is 11.3. The van der Waals surface area contributed by atoms with Gasteiger partial charge >= 0.3 is 0 Å². The van der Waals surface area contributed by atoms with Crippen LogP contribution in [0, 0.1) is 5.92 Å². The van der Waals surface area contributed by atoms with Crippen LogP contribution in [0.25, 0.3) is 0 Å². The number of aliphatic hydroxyl groups excluding tert-OH is 1. The molecule has 1 unspecified atom stereocenters. The van der Waals surface area contributed by atoms with Gasteiger partial charge in [0.15, 0.2) is 0 Å². The van der Waals surface area contributed by atoms with Gasteiger partial charge in [0, 0.05) is 12.5 Å². The van der Waals surface area contributed by atoms with Gasteiger partial charge in [-0.15, -0.1) is 0 Å². The molecule has 1 aromatic rings. The Bertz CT molecular complexity index is 377. The number of carbonyl (C=O) groups is 1. The van der Waals surface area contributed by atoms with E-state index in [1.54, 1.807) is 12.1 Å². The normalized spacial score (nSPS) is 12.5. The molecule has 0 fully saturated rings. The highest BCUT2D eigenvalue weighted by Crippen LogP contribution is 2.28. The highest BCUT2D eigenvalue weighted by atomic mass is 35.5. The summed E-state index contributed by atoms with van der Waals surface area (Å²) in [6, 6.07) is 5.36. The van der Waals surface area contributed by atoms with Gasteiger partial charge in [-0.1, -0.05) is 35.3 Å². The highest BCUT2D eigenvalue weighted by Gasteiger charge is 2.16. The van der Waals surface area contributed by atoms with E-state index >= 15 is 0 Å². The molecule has 0 aliphatic heterocycles. The fourth-order valence-electron chi connectivity index (χ4n) is 1.58. The number of aliphatic hydroxyl groups is 1. The van der Waals surface area contributed by atoms with Gasteiger partial charge in [0.1, 0.15) is 5.78 Å². The molecule has 1 rings (SSSR count). The summed E-state index contributed by atoms with van der Waals surface area (Å²) in [7, 11) is 0. The molecule has 0 spiro atoms. The van der Waals surface area contributed by atoms with Crippen molar-refractivity contribution >= 4 is 29.0 Å². The number of halogens is 2. The second-order valence-electron chi connectivity index (χ2n) is 3.74. The van der Waals surface area contributed by atoms with Crippen molar-refractivity contribution in [3.05, 3.63) is 33.8 Å². The fraction of sp³-hybridized carbons (Fsp3) is 0.417. The lowest BCUT2D eigenvalue weighted by Gasteiger charge is -2.13. The SMILES string of the molecule is CC(=O)C(CCO)Cc1cccc(Cl)c1Cl. The van der Waals surface area contributed by atoms with Crippen molar-refractivity contribution in [1.29, 1.82) is 0 Å². The van der Waals surface area contributed by atoms with E-state index in [2.05, 4.69) is 0 Å². The van der Waals surface area contributed by atoms with Gasteiger partial charge in [0.05, 0.1) is 10.0 Å². The zero-order chi connectivity index (χ0) is 12.1. The third-order valence-electron chi connectivity index (χ3n) is 2.55. The Labute approximate surface area is 105 Å². The van der Waals surface area contributed by atoms with Crippen LogP contribution < -0.4 is 0 Å². The average Bonchev–Trinajstić information content (AvgIpc) is 2.23. The minimum atomic E-state index is -0.194. The lowest BCUT2D eigenvalue weighted by Crippen LogP contribution is -2.15. The summed E-state index contributed by atoms with van der Waals surface area (Å²) in [5.74, 6) is -0.133. The first-order valence-electron chi connectivity index (χ1n) is 5.10. The molecule has 1 atom stereocenters. The second-order valence-corrected chi connectivity index (χ2v) is 4.52. The summed E-state index contributed by atoms with van der Waals surface area (Å²) < 4.78 is 0. The largest absolute Gasteiger partial charge is 0.396 e. The van der Waals surface area contributed by atoms with Gasteiger partial charge in [-0.2, -0.15) is 0 Å². The van der Waals surface area contributed by atoms with E-state index in [-0.39, 0.29) is 18.3 Å². The molecule has 0 saturated heterocycles. The van der Waals surface area contributed by atoms with Crippen LogP contribution in [0.3, 0.4) is 0 Å². The predicted octanol–water partition coefficient (Wildman–Crippen LogP) is 3.12. The lowest BCUT2D eigenvalue weighted by molar-refractivity contribution is -0.121. The summed E-state index contributed by atoms with van der Waals surface area (Å²) in [6.07, 6.45) is 0.980. The molecular formula is C12H14Cl2O2. The number of ketones is 1. The quantitative estimate of drug-likeness (QED) is 0.884. The maximum Gasteiger partial charge on any atom is 0.133 e. The van der Waals surface area contributed by atoms with Crippen LogP contribution in [-0.2, 0) is 11.2 Å². The molecule has 2 nitrogen and oxygen atoms in total. The first-order chi connectivity index (χ1) is 7.56. The van der Waals surface area contributed by atoms with Crippen molar-refractivity contribution in [2.45, 2.75) is 19.8 Å². The molecule has 1 N–H and O–H groups in total. The summed E-state index contributed by atoms with van der Waals surface area (Å²) in [6.45, 7) is 1.53. The number of benzene rings is 1. The van der Waals surface area contributed by atoms with E-state index in [0.29, 0.717) is 22.9 Å². The van der Waals surface area contributed by atoms with Gasteiger partial charge < -0.3 is 5.11 Å². The smallest absolute Gasteiger partial charge is 0.133 e. The van der Waals surface area contributed by atoms with E-state index in [1.807, 2.05) is 6.07 Å². The van der Waals surface area contributed by atoms with E-state index in [9.17, 15) is 4.79 Å². The van der Waals surface area contributed by atoms with Crippen molar-refractivity contribution in [1.82, 2.24) is 0 Å². The Balaban J connectivity index is 2.85. The maximum absolute atomic E-state index is 11.3. The standard InChI is InChI=1S/C12H14Cl2O2/c1-8(16)9(5-6-15)7-10-3-2-4-11(13)12(10)14/h2-4,9,15H,5-7H2,1H3. The number of rotatable bonds is 5. The number of hydrogen-bond donors (Lipinski definition) is 1. The van der Waals surface area contributed by atoms with E-state index < -0.39 is 0 Å². The van der Waals surface area contributed by atoms with Gasteiger partial charge in [0.25, 0.3) is 0 Å². The molecule has 0 saturated carbocycles. The Morgan fingerprint density at radius 2 is 2.12 bits per heavy atom. The van der Waals surface area contributed by atoms with Gasteiger partial charge in [0.2, 0.25) is 0 Å². The molecule has 0 radical (unpaired) electrons. The maximum atomic E-state index is 11.3. The minimum absolute atomic E-state index is 0.00241. The van der Waals surface area contributed by atoms with Gasteiger partial charge in [-0.05, 0) is 31.4 Å². The Morgan fingerprint density at radius 1 is 1.44 bits per heavy atom. The van der Waals surface area contributed by atoms with Crippen LogP contribution in [0.4, 0.5) is 0 Å². The molecule has 0 aliphatic carbocycles. The van der Waals surface area contributed by atoms with Crippen molar-refractivity contribution in [2.24, 2.45) is 5.92 Å². The number of carbonyl (C=O) groups excluding carboxylic acids is 1. The number of Topliss-reactive ketones (excluding diaryl/α,β-unsaturated/α-hetero) is 1. The molecule has 16 heavy (non-hydrogen) atoms. The van der Waals surface area contributed by atoms with E-state index in [4.69, 9.17) is 28.3 Å². The Morgan fingerprint density at radius 3 is 2.69 bits per heavy atom. The molecular weight excluding hydrogens is 247 g/mol. The van der Waals surface area contributed by atoms with Crippen LogP contribution in [0.5, 0.6) is 0 Å². The molecule has 0 aliphatic rings. The zero-order valence-corrected chi connectivity index (χ0v) is 10.6. The summed E-state index contributed by atoms with van der Waals surface area (Å²) >= 11 is 11.9. The zero-order valence-electron chi connectivity index (χ0n) is 9.04. The van der Waals surface area contributed by atoms with E-state index in [0.717, 1.165) is 5.56 Å². The van der Waals surface area contributed by atoms with E-state index in [1.165, 1.54) is 6.92 Å². The van der Waals surface area contributed by atoms with Crippen molar-refractivity contribution in [2.75, 3.05) is 6.61 Å². The Kier molecular flexibility index (Phi) is 5.26. The van der Waals surface area contributed by atoms with Crippen LogP contribution in [-0.4, -0.2) is 17.5 Å². The van der Waals surface area contributed by atoms with Gasteiger partial charge in [-0.25, -0.2) is 0 Å². The molecule has 0 amide bonds. The fourth-order valence-corrected chi connectivity index (χ4v) is 1.97. The van der Waals surface area contributed by atoms with Crippen LogP contribution in [0.1, 0.15) is 18.9 Å². The molecule has 4 heteroatoms. The van der Waals surface area contributed by atoms with Crippen molar-refractivity contribution in [3.8, 4) is 0 Å². The molecule has 0 heterocycles. The third kappa shape index (κ3) is 3.48. The van der Waals surface area contributed by atoms with Crippen LogP contribution in [0.2, 0.25) is 10.0 Å². The Hall–Kier alpha value is -0.570. The highest BCUT2D eigenvalue weighted by molar-refractivity contribution is 6.42. The van der Waals surface area contributed by atoms with Crippen LogP contribution in [0.15, 0.2) is 18.2 Å². The first kappa shape index (κ1) is 13.5. The third-order valence-corrected chi connectivity index (χ3v) is 3.41. The minimum Gasteiger partial charge on any atom is -0.396 e. The van der Waals surface area contributed by atoms with Crippen molar-refractivity contribution < 1.29 is 9.90 Å². The van der Waals surface area contributed by atoms with Crippen LogP contribution >= 0.6 is 23.2 Å². The summed E-state index contributed by atoms with van der Waals surface area (Å²) in [5, 5.41) is 9.86. The topological polar surface area (TPSA) is 37.3 Å². The van der Waals surface area contributed by atoms with Crippen molar-refractivity contribution in [3.63, 3.8) is 0 Å². The van der Waals surface area contributed by atoms with Gasteiger partial charge in [-0.3, -0.25) is 4.79 Å². The second kappa shape index (κ2) is 6.24. The predicted molar refractivity (Wildman–Crippen MR) is 66.0 cm³/mol. The number of hydrogen-bond acceptors (Lipinski definition) is 2. The monoisotopic (exact) mass is 260 g/mol. The molecule has 0 aromatic heterocycles. The summed E-state index contributed by atoms with van der Waals surface area (Å²) in [5.41, 5.74) is 0.850. The first-order valence-corrected chi connectivity index (χ1v) is 5.86. The molecule has 1 aromatic carbocycles. The molecule has 0 bridgehead atoms. The lowest BCUT2D eigenvalue weighted by atomic mass is 9.93.